The Morgan fingerprint density at radius 2 is 1.27 bits per heavy atom. The van der Waals surface area contributed by atoms with Crippen molar-refractivity contribution in [3.63, 3.8) is 0 Å². The van der Waals surface area contributed by atoms with Gasteiger partial charge >= 0.3 is 0 Å². The van der Waals surface area contributed by atoms with Gasteiger partial charge < -0.3 is 10.4 Å². The van der Waals surface area contributed by atoms with Crippen LogP contribution in [-0.2, 0) is 0 Å². The van der Waals surface area contributed by atoms with Crippen LogP contribution >= 0.6 is 0 Å². The van der Waals surface area contributed by atoms with E-state index in [-0.39, 0.29) is 5.41 Å². The molecule has 62 valence electrons. The van der Waals surface area contributed by atoms with Crippen molar-refractivity contribution in [2.45, 2.75) is 27.7 Å². The average molecular weight is 156 g/mol. The molecule has 0 aliphatic carbocycles. The molecule has 0 fully saturated rings. The number of hydrogen-bond donors (Lipinski definition) is 0. The van der Waals surface area contributed by atoms with Crippen molar-refractivity contribution in [3.8, 4) is 0 Å². The van der Waals surface area contributed by atoms with Crippen molar-refractivity contribution >= 4 is 11.4 Å². The van der Waals surface area contributed by atoms with E-state index in [0.717, 1.165) is 0 Å². The fourth-order valence-electron chi connectivity index (χ4n) is 1.01. The summed E-state index contributed by atoms with van der Waals surface area (Å²) in [5.41, 5.74) is 0.707. The molecule has 1 aliphatic heterocycles. The molecule has 0 aromatic rings. The van der Waals surface area contributed by atoms with Crippen LogP contribution in [0, 0.1) is 15.8 Å². The molecule has 0 atom stereocenters. The first-order valence-electron chi connectivity index (χ1n) is 3.51. The molecular weight excluding hydrogens is 144 g/mol. The largest absolute Gasteiger partial charge is 0.561 e. The van der Waals surface area contributed by atoms with Crippen LogP contribution in [-0.4, -0.2) is 21.1 Å². The molecule has 11 heavy (non-hydrogen) atoms. The maximum atomic E-state index is 11.0. The lowest BCUT2D eigenvalue weighted by Crippen LogP contribution is -2.27. The minimum absolute atomic E-state index is 0.385. The second kappa shape index (κ2) is 1.96. The predicted octanol–water partition coefficient (Wildman–Crippen LogP) is 0.884. The number of hydrazone groups is 2. The predicted molar refractivity (Wildman–Crippen MR) is 42.4 cm³/mol. The molecule has 0 bridgehead atoms. The SMILES string of the molecule is CC1=[N+]([O-])[N+]([O-])=C(C)C1(C)C. The average Bonchev–Trinajstić information content (AvgIpc) is 2.06. The fourth-order valence-corrected chi connectivity index (χ4v) is 1.01. The number of hydrogen-bond acceptors (Lipinski definition) is 2. The first-order chi connectivity index (χ1) is 4.89. The van der Waals surface area contributed by atoms with Crippen molar-refractivity contribution in [1.82, 2.24) is 0 Å². The van der Waals surface area contributed by atoms with Crippen LogP contribution in [0.5, 0.6) is 0 Å². The van der Waals surface area contributed by atoms with Gasteiger partial charge in [-0.25, -0.2) is 0 Å². The summed E-state index contributed by atoms with van der Waals surface area (Å²) in [6.07, 6.45) is 0. The van der Waals surface area contributed by atoms with Crippen molar-refractivity contribution in [2.24, 2.45) is 5.41 Å². The van der Waals surface area contributed by atoms with Crippen molar-refractivity contribution < 1.29 is 9.70 Å². The molecule has 0 radical (unpaired) electrons. The molecule has 0 aromatic heterocycles. The van der Waals surface area contributed by atoms with E-state index in [1.807, 2.05) is 13.8 Å². The van der Waals surface area contributed by atoms with Crippen LogP contribution in [0.3, 0.4) is 0 Å². The van der Waals surface area contributed by atoms with Gasteiger partial charge in [0.05, 0.1) is 9.70 Å². The lowest BCUT2D eigenvalue weighted by molar-refractivity contribution is -1.05. The molecule has 0 saturated heterocycles. The zero-order valence-electron chi connectivity index (χ0n) is 7.21. The molecule has 4 nitrogen and oxygen atoms in total. The summed E-state index contributed by atoms with van der Waals surface area (Å²) < 4.78 is 0. The van der Waals surface area contributed by atoms with Gasteiger partial charge in [0.15, 0.2) is 0 Å². The Labute approximate surface area is 65.6 Å². The van der Waals surface area contributed by atoms with E-state index in [1.54, 1.807) is 13.8 Å². The maximum Gasteiger partial charge on any atom is 0.254 e. The quantitative estimate of drug-likeness (QED) is 0.386. The number of nitrogens with zero attached hydrogens (tertiary/aromatic N) is 2. The highest BCUT2D eigenvalue weighted by molar-refractivity contribution is 6.06. The van der Waals surface area contributed by atoms with Crippen molar-refractivity contribution in [1.29, 1.82) is 0 Å². The molecule has 0 saturated carbocycles. The van der Waals surface area contributed by atoms with Gasteiger partial charge in [0.25, 0.3) is 11.4 Å². The molecule has 0 amide bonds. The Bertz CT molecular complexity index is 238. The molecule has 0 spiro atoms. The van der Waals surface area contributed by atoms with Crippen LogP contribution in [0.4, 0.5) is 0 Å². The monoisotopic (exact) mass is 156 g/mol. The molecule has 0 N–H and O–H groups in total. The third-order valence-corrected chi connectivity index (χ3v) is 2.55. The van der Waals surface area contributed by atoms with E-state index in [9.17, 15) is 10.4 Å². The van der Waals surface area contributed by atoms with Crippen LogP contribution in [0.1, 0.15) is 27.7 Å². The van der Waals surface area contributed by atoms with E-state index in [1.165, 1.54) is 0 Å². The van der Waals surface area contributed by atoms with E-state index in [4.69, 9.17) is 0 Å². The normalized spacial score (nSPS) is 23.3. The van der Waals surface area contributed by atoms with Gasteiger partial charge in [-0.2, -0.15) is 0 Å². The summed E-state index contributed by atoms with van der Waals surface area (Å²) in [5, 5.41) is 22.0. The number of rotatable bonds is 0. The highest BCUT2D eigenvalue weighted by Crippen LogP contribution is 2.23. The summed E-state index contributed by atoms with van der Waals surface area (Å²) in [5.74, 6) is 0. The minimum Gasteiger partial charge on any atom is -0.561 e. The van der Waals surface area contributed by atoms with Crippen LogP contribution in [0.25, 0.3) is 0 Å². The zero-order valence-corrected chi connectivity index (χ0v) is 7.21. The molecule has 0 aromatic carbocycles. The highest BCUT2D eigenvalue weighted by atomic mass is 16.7. The summed E-state index contributed by atoms with van der Waals surface area (Å²) >= 11 is 0. The summed E-state index contributed by atoms with van der Waals surface area (Å²) in [6, 6.07) is 0. The molecule has 1 rings (SSSR count). The third-order valence-electron chi connectivity index (χ3n) is 2.55. The summed E-state index contributed by atoms with van der Waals surface area (Å²) in [4.78, 5) is 0.796. The molecule has 1 aliphatic rings. The molecule has 1 heterocycles. The Hall–Kier alpha value is -1.06. The van der Waals surface area contributed by atoms with E-state index >= 15 is 0 Å². The molecule has 0 unspecified atom stereocenters. The maximum absolute atomic E-state index is 11.0. The Morgan fingerprint density at radius 1 is 1.00 bits per heavy atom. The Kier molecular flexibility index (Phi) is 1.44. The summed E-state index contributed by atoms with van der Waals surface area (Å²) in [7, 11) is 0. The molecule has 4 heteroatoms. The standard InChI is InChI=1S/C7H12N2O2/c1-5-7(3,4)6(2)9(11)8(5)10/h1-4H3. The highest BCUT2D eigenvalue weighted by Gasteiger charge is 2.46. The third kappa shape index (κ3) is 0.818. The lowest BCUT2D eigenvalue weighted by Gasteiger charge is -2.06. The first kappa shape index (κ1) is 8.04. The van der Waals surface area contributed by atoms with Crippen LogP contribution in [0.2, 0.25) is 0 Å². The summed E-state index contributed by atoms with van der Waals surface area (Å²) in [6.45, 7) is 7.07. The second-order valence-corrected chi connectivity index (χ2v) is 3.34. The van der Waals surface area contributed by atoms with Gasteiger partial charge in [0.1, 0.15) is 5.41 Å². The Morgan fingerprint density at radius 3 is 1.36 bits per heavy atom. The molecular formula is C7H12N2O2. The number of hydrazine groups is 1. The van der Waals surface area contributed by atoms with E-state index in [0.29, 0.717) is 21.1 Å². The minimum atomic E-state index is -0.385. The van der Waals surface area contributed by atoms with E-state index in [2.05, 4.69) is 0 Å². The van der Waals surface area contributed by atoms with E-state index < -0.39 is 0 Å². The van der Waals surface area contributed by atoms with Gasteiger partial charge in [0, 0.05) is 13.8 Å². The van der Waals surface area contributed by atoms with Crippen molar-refractivity contribution in [3.05, 3.63) is 10.4 Å². The lowest BCUT2D eigenvalue weighted by atomic mass is 9.84. The van der Waals surface area contributed by atoms with Gasteiger partial charge in [-0.15, -0.1) is 0 Å². The topological polar surface area (TPSA) is 52.1 Å². The fraction of sp³-hybridized carbons (Fsp3) is 0.714. The van der Waals surface area contributed by atoms with Gasteiger partial charge in [-0.05, 0) is 13.8 Å². The Balaban J connectivity index is 3.27. The van der Waals surface area contributed by atoms with Crippen LogP contribution < -0.4 is 0 Å². The van der Waals surface area contributed by atoms with Gasteiger partial charge in [-0.3, -0.25) is 0 Å². The second-order valence-electron chi connectivity index (χ2n) is 3.34. The first-order valence-corrected chi connectivity index (χ1v) is 3.51. The zero-order chi connectivity index (χ0) is 8.81. The van der Waals surface area contributed by atoms with Crippen molar-refractivity contribution in [2.75, 3.05) is 0 Å². The van der Waals surface area contributed by atoms with Crippen LogP contribution in [0.15, 0.2) is 0 Å². The van der Waals surface area contributed by atoms with Gasteiger partial charge in [0.2, 0.25) is 0 Å². The smallest absolute Gasteiger partial charge is 0.254 e. The van der Waals surface area contributed by atoms with Gasteiger partial charge in [-0.1, -0.05) is 0 Å².